The predicted octanol–water partition coefficient (Wildman–Crippen LogP) is 3.15. The molecule has 0 spiro atoms. The van der Waals surface area contributed by atoms with Gasteiger partial charge in [0.25, 0.3) is 0 Å². The minimum atomic E-state index is -4.50. The monoisotopic (exact) mass is 559 g/mol. The molecule has 0 atom stereocenters. The molecule has 0 unspecified atom stereocenters. The van der Waals surface area contributed by atoms with E-state index in [1.54, 1.807) is 7.11 Å². The second-order valence-electron chi connectivity index (χ2n) is 7.07. The highest BCUT2D eigenvalue weighted by molar-refractivity contribution is 14.0. The number of alkyl halides is 3. The Morgan fingerprint density at radius 2 is 2.03 bits per heavy atom. The molecular weight excluding hydrogens is 526 g/mol. The Morgan fingerprint density at radius 3 is 2.68 bits per heavy atom. The molecule has 0 aromatic carbocycles. The normalized spacial score (nSPS) is 16.0. The number of hydrogen-bond acceptors (Lipinski definition) is 5. The molecule has 0 amide bonds. The number of ether oxygens (including phenoxy) is 2. The molecule has 2 N–H and O–H groups in total. The first-order valence-electron chi connectivity index (χ1n) is 10.3. The zero-order valence-corrected chi connectivity index (χ0v) is 20.4. The molecular formula is C20H33F3IN5O2. The molecule has 1 aliphatic heterocycles. The lowest BCUT2D eigenvalue weighted by atomic mass is 10.1. The second-order valence-corrected chi connectivity index (χ2v) is 7.07. The van der Waals surface area contributed by atoms with Crippen molar-refractivity contribution in [2.24, 2.45) is 4.99 Å². The third-order valence-corrected chi connectivity index (χ3v) is 4.77. The van der Waals surface area contributed by atoms with Crippen LogP contribution in [0.1, 0.15) is 31.7 Å². The summed E-state index contributed by atoms with van der Waals surface area (Å²) in [7, 11) is 1.72. The van der Waals surface area contributed by atoms with E-state index in [2.05, 4.69) is 25.5 Å². The van der Waals surface area contributed by atoms with Gasteiger partial charge in [-0.05, 0) is 38.3 Å². The van der Waals surface area contributed by atoms with Crippen LogP contribution in [-0.4, -0.2) is 74.9 Å². The number of likely N-dealkylation sites (tertiary alicyclic amines) is 1. The van der Waals surface area contributed by atoms with Crippen LogP contribution in [0, 0.1) is 0 Å². The Bertz CT molecular complexity index is 656. The molecule has 1 aromatic rings. The number of nitrogens with zero attached hydrogens (tertiary/aromatic N) is 3. The molecule has 7 nitrogen and oxygen atoms in total. The largest absolute Gasteiger partial charge is 0.475 e. The van der Waals surface area contributed by atoms with Crippen LogP contribution in [0.2, 0.25) is 0 Å². The lowest BCUT2D eigenvalue weighted by Gasteiger charge is -2.33. The third kappa shape index (κ3) is 10.2. The number of aromatic nitrogens is 1. The van der Waals surface area contributed by atoms with Gasteiger partial charge in [-0.3, -0.25) is 0 Å². The Balaban J connectivity index is 0.00000480. The Hall–Kier alpha value is -1.34. The van der Waals surface area contributed by atoms with Gasteiger partial charge >= 0.3 is 6.18 Å². The van der Waals surface area contributed by atoms with Crippen molar-refractivity contribution in [1.82, 2.24) is 20.5 Å². The van der Waals surface area contributed by atoms with Crippen molar-refractivity contribution >= 4 is 29.9 Å². The van der Waals surface area contributed by atoms with Crippen LogP contribution in [0.25, 0.3) is 0 Å². The number of nitrogens with one attached hydrogen (secondary N) is 2. The number of piperidine rings is 1. The van der Waals surface area contributed by atoms with Crippen molar-refractivity contribution < 1.29 is 22.6 Å². The molecule has 1 fully saturated rings. The first-order chi connectivity index (χ1) is 14.4. The molecule has 11 heteroatoms. The molecule has 2 heterocycles. The summed E-state index contributed by atoms with van der Waals surface area (Å²) in [5, 5.41) is 6.59. The van der Waals surface area contributed by atoms with Crippen LogP contribution in [0.15, 0.2) is 23.3 Å². The smallest absolute Gasteiger partial charge is 0.421 e. The van der Waals surface area contributed by atoms with E-state index in [0.717, 1.165) is 51.6 Å². The maximum absolute atomic E-state index is 13.0. The summed E-state index contributed by atoms with van der Waals surface area (Å²) in [6, 6.07) is 2.51. The average molecular weight is 559 g/mol. The van der Waals surface area contributed by atoms with Gasteiger partial charge in [-0.15, -0.1) is 24.0 Å². The van der Waals surface area contributed by atoms with E-state index in [-0.39, 0.29) is 37.1 Å². The van der Waals surface area contributed by atoms with Crippen molar-refractivity contribution in [3.63, 3.8) is 0 Å². The van der Waals surface area contributed by atoms with Crippen LogP contribution in [0.3, 0.4) is 0 Å². The maximum Gasteiger partial charge on any atom is 0.421 e. The third-order valence-electron chi connectivity index (χ3n) is 4.77. The van der Waals surface area contributed by atoms with Crippen molar-refractivity contribution in [2.45, 2.75) is 38.4 Å². The van der Waals surface area contributed by atoms with Gasteiger partial charge < -0.3 is 25.0 Å². The zero-order chi connectivity index (χ0) is 21.8. The molecule has 1 aliphatic rings. The number of guanidine groups is 1. The van der Waals surface area contributed by atoms with Crippen molar-refractivity contribution in [2.75, 3.05) is 53.0 Å². The van der Waals surface area contributed by atoms with Gasteiger partial charge in [0.15, 0.2) is 5.96 Å². The van der Waals surface area contributed by atoms with Gasteiger partial charge in [-0.2, -0.15) is 13.2 Å². The first kappa shape index (κ1) is 27.7. The Morgan fingerprint density at radius 1 is 1.29 bits per heavy atom. The summed E-state index contributed by atoms with van der Waals surface area (Å²) in [6.45, 7) is 6.75. The summed E-state index contributed by atoms with van der Waals surface area (Å²) in [4.78, 5) is 10.5. The second kappa shape index (κ2) is 14.7. The van der Waals surface area contributed by atoms with Crippen molar-refractivity contribution in [1.29, 1.82) is 0 Å². The number of hydrogen-bond donors (Lipinski definition) is 2. The summed E-state index contributed by atoms with van der Waals surface area (Å²) >= 11 is 0. The van der Waals surface area contributed by atoms with E-state index in [1.807, 2.05) is 6.92 Å². The van der Waals surface area contributed by atoms with E-state index >= 15 is 0 Å². The van der Waals surface area contributed by atoms with Crippen LogP contribution < -0.4 is 15.4 Å². The van der Waals surface area contributed by atoms with E-state index in [4.69, 9.17) is 9.47 Å². The molecule has 1 aromatic heterocycles. The number of aliphatic imine (C=N–C) groups is 1. The van der Waals surface area contributed by atoms with E-state index in [9.17, 15) is 13.2 Å². The highest BCUT2D eigenvalue weighted by atomic mass is 127. The zero-order valence-electron chi connectivity index (χ0n) is 18.1. The number of methoxy groups -OCH3 is 1. The van der Waals surface area contributed by atoms with Gasteiger partial charge in [0.2, 0.25) is 5.88 Å². The molecule has 31 heavy (non-hydrogen) atoms. The van der Waals surface area contributed by atoms with Gasteiger partial charge in [0.05, 0.1) is 6.54 Å². The van der Waals surface area contributed by atoms with Gasteiger partial charge in [-0.25, -0.2) is 9.98 Å². The minimum Gasteiger partial charge on any atom is -0.475 e. The molecule has 1 saturated heterocycles. The molecule has 178 valence electrons. The fourth-order valence-electron chi connectivity index (χ4n) is 3.27. The molecule has 2 rings (SSSR count). The fraction of sp³-hybridized carbons (Fsp3) is 0.700. The maximum atomic E-state index is 13.0. The Labute approximate surface area is 199 Å². The first-order valence-corrected chi connectivity index (χ1v) is 10.3. The van der Waals surface area contributed by atoms with E-state index in [0.29, 0.717) is 18.5 Å². The number of pyridine rings is 1. The van der Waals surface area contributed by atoms with Crippen LogP contribution in [0.5, 0.6) is 5.88 Å². The molecule has 0 radical (unpaired) electrons. The van der Waals surface area contributed by atoms with Crippen molar-refractivity contribution in [3.8, 4) is 5.88 Å². The van der Waals surface area contributed by atoms with Crippen molar-refractivity contribution in [3.05, 3.63) is 23.9 Å². The van der Waals surface area contributed by atoms with Gasteiger partial charge in [-0.1, -0.05) is 0 Å². The van der Waals surface area contributed by atoms with Crippen LogP contribution >= 0.6 is 24.0 Å². The standard InChI is InChI=1S/C20H32F3N5O2.HI/c1-3-24-19(27-16-7-12-28(13-8-16)11-5-14-29-2)26-10-15-30-18-17(20(21,22)23)6-4-9-25-18;/h4,6,9,16H,3,5,7-8,10-15H2,1-2H3,(H2,24,26,27);1H. The van der Waals surface area contributed by atoms with E-state index < -0.39 is 17.6 Å². The average Bonchev–Trinajstić information content (AvgIpc) is 2.72. The summed E-state index contributed by atoms with van der Waals surface area (Å²) in [5.41, 5.74) is -0.878. The van der Waals surface area contributed by atoms with Gasteiger partial charge in [0, 0.05) is 52.1 Å². The van der Waals surface area contributed by atoms with Crippen LogP contribution in [0.4, 0.5) is 13.2 Å². The predicted molar refractivity (Wildman–Crippen MR) is 125 cm³/mol. The summed E-state index contributed by atoms with van der Waals surface area (Å²) in [5.74, 6) is 0.231. The molecule has 0 saturated carbocycles. The topological polar surface area (TPSA) is 71.0 Å². The SMILES string of the molecule is CCNC(=NCCOc1ncccc1C(F)(F)F)NC1CCN(CCCOC)CC1.I. The van der Waals surface area contributed by atoms with E-state index in [1.165, 1.54) is 12.3 Å². The lowest BCUT2D eigenvalue weighted by Crippen LogP contribution is -2.49. The highest BCUT2D eigenvalue weighted by Crippen LogP contribution is 2.34. The molecule has 0 aliphatic carbocycles. The fourth-order valence-corrected chi connectivity index (χ4v) is 3.27. The number of halogens is 4. The van der Waals surface area contributed by atoms with Crippen LogP contribution in [-0.2, 0) is 10.9 Å². The quantitative estimate of drug-likeness (QED) is 0.199. The summed E-state index contributed by atoms with van der Waals surface area (Å²) in [6.07, 6.45) is -0.165. The number of rotatable bonds is 10. The minimum absolute atomic E-state index is 0. The van der Waals surface area contributed by atoms with Gasteiger partial charge in [0.1, 0.15) is 12.2 Å². The Kier molecular flexibility index (Phi) is 13.1. The highest BCUT2D eigenvalue weighted by Gasteiger charge is 2.35. The lowest BCUT2D eigenvalue weighted by molar-refractivity contribution is -0.139. The summed E-state index contributed by atoms with van der Waals surface area (Å²) < 4.78 is 49.3. The molecule has 0 bridgehead atoms.